The molecule has 0 aromatic carbocycles. The lowest BCUT2D eigenvalue weighted by atomic mass is 9.77. The lowest BCUT2D eigenvalue weighted by molar-refractivity contribution is -0.244. The quantitative estimate of drug-likeness (QED) is 0.258. The zero-order chi connectivity index (χ0) is 23.4. The fraction of sp³-hybridized carbons (Fsp3) is 0.773. The second-order valence-corrected chi connectivity index (χ2v) is 8.76. The highest BCUT2D eigenvalue weighted by Crippen LogP contribution is 2.48. The van der Waals surface area contributed by atoms with Crippen molar-refractivity contribution in [2.24, 2.45) is 17.3 Å². The molecule has 1 heterocycles. The van der Waals surface area contributed by atoms with Gasteiger partial charge in [-0.15, -0.1) is 0 Å². The van der Waals surface area contributed by atoms with Crippen molar-refractivity contribution in [1.82, 2.24) is 0 Å². The molecule has 0 aromatic rings. The van der Waals surface area contributed by atoms with Crippen LogP contribution >= 0.6 is 0 Å². The van der Waals surface area contributed by atoms with Crippen molar-refractivity contribution in [2.45, 2.75) is 89.5 Å². The van der Waals surface area contributed by atoms with E-state index < -0.39 is 53.9 Å². The molecule has 3 N–H and O–H groups in total. The zero-order valence-electron chi connectivity index (χ0n) is 17.8. The third kappa shape index (κ3) is 5.80. The van der Waals surface area contributed by atoms with E-state index in [1.165, 1.54) is 12.2 Å². The number of alkyl halides is 4. The van der Waals surface area contributed by atoms with Crippen LogP contribution in [0.25, 0.3) is 0 Å². The third-order valence-electron chi connectivity index (χ3n) is 6.49. The van der Waals surface area contributed by atoms with E-state index in [-0.39, 0.29) is 25.0 Å². The largest absolute Gasteiger partial charge is 0.491 e. The van der Waals surface area contributed by atoms with Crippen molar-refractivity contribution in [2.75, 3.05) is 0 Å². The van der Waals surface area contributed by atoms with E-state index in [9.17, 15) is 32.6 Å². The number of ether oxygens (including phenoxy) is 1. The van der Waals surface area contributed by atoms with Crippen molar-refractivity contribution in [3.8, 4) is 0 Å². The number of aliphatic hydroxyl groups is 2. The number of carbonyl (C=O) groups is 1. The van der Waals surface area contributed by atoms with Gasteiger partial charge >= 0.3 is 12.1 Å². The average Bonchev–Trinajstić information content (AvgIpc) is 3.14. The first-order valence-corrected chi connectivity index (χ1v) is 10.8. The summed E-state index contributed by atoms with van der Waals surface area (Å²) < 4.78 is 61.4. The van der Waals surface area contributed by atoms with Crippen LogP contribution in [0.3, 0.4) is 0 Å². The Kier molecular flexibility index (Phi) is 8.55. The maximum atomic E-state index is 15.0. The van der Waals surface area contributed by atoms with Crippen molar-refractivity contribution < 1.29 is 42.4 Å². The van der Waals surface area contributed by atoms with E-state index in [0.29, 0.717) is 25.7 Å². The van der Waals surface area contributed by atoms with Gasteiger partial charge in [-0.05, 0) is 32.3 Å². The van der Waals surface area contributed by atoms with Gasteiger partial charge in [-0.25, -0.2) is 4.39 Å². The molecular formula is C22H32F4O5. The van der Waals surface area contributed by atoms with Crippen molar-refractivity contribution in [3.05, 3.63) is 24.0 Å². The third-order valence-corrected chi connectivity index (χ3v) is 6.49. The minimum absolute atomic E-state index is 0.0500. The molecule has 31 heavy (non-hydrogen) atoms. The number of rotatable bonds is 10. The second kappa shape index (κ2) is 10.3. The van der Waals surface area contributed by atoms with E-state index in [4.69, 9.17) is 9.84 Å². The first-order chi connectivity index (χ1) is 14.4. The fourth-order valence-electron chi connectivity index (χ4n) is 4.36. The van der Waals surface area contributed by atoms with Gasteiger partial charge in [0, 0.05) is 24.7 Å². The highest BCUT2D eigenvalue weighted by Gasteiger charge is 2.56. The van der Waals surface area contributed by atoms with Crippen LogP contribution in [0.2, 0.25) is 0 Å². The molecule has 2 unspecified atom stereocenters. The Labute approximate surface area is 179 Å². The van der Waals surface area contributed by atoms with Crippen LogP contribution in [0.1, 0.15) is 58.8 Å². The Morgan fingerprint density at radius 3 is 2.58 bits per heavy atom. The second-order valence-electron chi connectivity index (χ2n) is 8.76. The summed E-state index contributed by atoms with van der Waals surface area (Å²) in [7, 11) is 0. The summed E-state index contributed by atoms with van der Waals surface area (Å²) >= 11 is 0. The minimum atomic E-state index is -4.62. The maximum absolute atomic E-state index is 15.0. The smallest absolute Gasteiger partial charge is 0.397 e. The van der Waals surface area contributed by atoms with E-state index >= 15 is 0 Å². The minimum Gasteiger partial charge on any atom is -0.491 e. The normalized spacial score (nSPS) is 32.8. The van der Waals surface area contributed by atoms with Crippen molar-refractivity contribution in [3.63, 3.8) is 0 Å². The van der Waals surface area contributed by atoms with Crippen molar-refractivity contribution >= 4 is 5.97 Å². The molecule has 0 aromatic heterocycles. The average molecular weight is 452 g/mol. The van der Waals surface area contributed by atoms with Gasteiger partial charge in [-0.1, -0.05) is 31.9 Å². The molecule has 5 nitrogen and oxygen atoms in total. The maximum Gasteiger partial charge on any atom is 0.397 e. The molecule has 1 aliphatic heterocycles. The molecule has 2 aliphatic rings. The Bertz CT molecular complexity index is 677. The van der Waals surface area contributed by atoms with Crippen LogP contribution in [0, 0.1) is 17.3 Å². The van der Waals surface area contributed by atoms with Gasteiger partial charge in [0.1, 0.15) is 11.9 Å². The van der Waals surface area contributed by atoms with Crippen LogP contribution in [0.4, 0.5) is 17.6 Å². The first kappa shape index (κ1) is 25.6. The Morgan fingerprint density at radius 2 is 2.00 bits per heavy atom. The predicted octanol–water partition coefficient (Wildman–Crippen LogP) is 4.54. The number of aliphatic hydroxyl groups excluding tert-OH is 2. The van der Waals surface area contributed by atoms with Crippen LogP contribution in [0.15, 0.2) is 24.0 Å². The highest BCUT2D eigenvalue weighted by molar-refractivity contribution is 5.66. The molecule has 0 spiro atoms. The molecule has 1 aliphatic carbocycles. The fourth-order valence-corrected chi connectivity index (χ4v) is 4.36. The summed E-state index contributed by atoms with van der Waals surface area (Å²) in [5.74, 6) is -2.43. The number of allylic oxidation sites excluding steroid dienone is 2. The standard InChI is InChI=1S/C22H32F4O5/c1-3-4-11-21(2,22(24,25)26)17(28)10-9-13-14(27)12-16-19(13)20(23)15(31-16)7-5-6-8-18(29)30/h7,9-10,13-14,16-17,19-20,27-28H,3-6,8,11-12H2,1-2H3,(H,29,30)/t13-,14+,16-,17+,19+,20?,21?/m0/s1. The summed E-state index contributed by atoms with van der Waals surface area (Å²) in [6.45, 7) is 2.74. The topological polar surface area (TPSA) is 87.0 Å². The van der Waals surface area contributed by atoms with Gasteiger partial charge in [0.2, 0.25) is 0 Å². The lowest BCUT2D eigenvalue weighted by Gasteiger charge is -2.35. The number of halogens is 4. The number of aliphatic carboxylic acids is 1. The Morgan fingerprint density at radius 1 is 1.32 bits per heavy atom. The SMILES string of the molecule is CCCCC(C)([C@H](O)C=C[C@@H]1[C@H]2C(F)C(=CCCCC(=O)O)O[C@H]2C[C@H]1O)C(F)(F)F. The monoisotopic (exact) mass is 452 g/mol. The molecule has 7 atom stereocenters. The molecule has 0 bridgehead atoms. The Balaban J connectivity index is 2.11. The van der Waals surface area contributed by atoms with Crippen LogP contribution in [0.5, 0.6) is 0 Å². The molecule has 1 saturated carbocycles. The molecular weight excluding hydrogens is 420 g/mol. The first-order valence-electron chi connectivity index (χ1n) is 10.8. The summed E-state index contributed by atoms with van der Waals surface area (Å²) in [5.41, 5.74) is -2.33. The zero-order valence-corrected chi connectivity index (χ0v) is 17.8. The number of carboxylic acids is 1. The van der Waals surface area contributed by atoms with Gasteiger partial charge in [-0.2, -0.15) is 13.2 Å². The van der Waals surface area contributed by atoms with E-state index in [1.807, 2.05) is 0 Å². The number of hydrogen-bond donors (Lipinski definition) is 3. The van der Waals surface area contributed by atoms with Crippen LogP contribution in [-0.2, 0) is 9.53 Å². The molecule has 2 rings (SSSR count). The number of fused-ring (bicyclic) bond motifs is 1. The van der Waals surface area contributed by atoms with E-state index in [0.717, 1.165) is 13.0 Å². The lowest BCUT2D eigenvalue weighted by Crippen LogP contribution is -2.44. The summed E-state index contributed by atoms with van der Waals surface area (Å²) in [4.78, 5) is 10.6. The van der Waals surface area contributed by atoms with E-state index in [1.54, 1.807) is 6.92 Å². The van der Waals surface area contributed by atoms with Crippen LogP contribution in [-0.4, -0.2) is 51.9 Å². The van der Waals surface area contributed by atoms with Gasteiger partial charge in [0.05, 0.1) is 17.6 Å². The van der Waals surface area contributed by atoms with Crippen molar-refractivity contribution in [1.29, 1.82) is 0 Å². The van der Waals surface area contributed by atoms with Gasteiger partial charge < -0.3 is 20.1 Å². The molecule has 2 fully saturated rings. The molecule has 178 valence electrons. The molecule has 0 amide bonds. The summed E-state index contributed by atoms with van der Waals surface area (Å²) in [5, 5.41) is 29.3. The molecule has 9 heteroatoms. The summed E-state index contributed by atoms with van der Waals surface area (Å²) in [6.07, 6.45) is -4.42. The highest BCUT2D eigenvalue weighted by atomic mass is 19.4. The number of unbranched alkanes of at least 4 members (excludes halogenated alkanes) is 2. The number of hydrogen-bond acceptors (Lipinski definition) is 4. The molecule has 0 radical (unpaired) electrons. The van der Waals surface area contributed by atoms with Gasteiger partial charge in [0.25, 0.3) is 0 Å². The van der Waals surface area contributed by atoms with E-state index in [2.05, 4.69) is 0 Å². The van der Waals surface area contributed by atoms with Gasteiger partial charge in [-0.3, -0.25) is 4.79 Å². The predicted molar refractivity (Wildman–Crippen MR) is 106 cm³/mol. The van der Waals surface area contributed by atoms with Crippen LogP contribution < -0.4 is 0 Å². The Hall–Kier alpha value is -1.61. The van der Waals surface area contributed by atoms with Gasteiger partial charge in [0.15, 0.2) is 6.17 Å². The summed E-state index contributed by atoms with van der Waals surface area (Å²) in [6, 6.07) is 0. The number of carboxylic acid groups (broad SMARTS) is 1. The molecule has 1 saturated heterocycles.